The van der Waals surface area contributed by atoms with Crippen molar-refractivity contribution in [2.75, 3.05) is 16.8 Å². The standard InChI is InChI=1S/C26H21N3O3/c30-25(22-17-24(32-28-22)18-8-3-1-4-9-18)27-21-13-14-23-20(16-21)12-7-15-29(23)26(31)19-10-5-2-6-11-19/h1-6,8-11,13-14,16-17H,7,12,15H2,(H,27,30). The lowest BCUT2D eigenvalue weighted by molar-refractivity contribution is 0.0982. The zero-order chi connectivity index (χ0) is 21.9. The Kier molecular flexibility index (Phi) is 5.25. The van der Waals surface area contributed by atoms with E-state index in [1.807, 2.05) is 83.8 Å². The first-order chi connectivity index (χ1) is 15.7. The van der Waals surface area contributed by atoms with E-state index in [-0.39, 0.29) is 17.5 Å². The number of anilines is 2. The first-order valence-electron chi connectivity index (χ1n) is 10.5. The smallest absolute Gasteiger partial charge is 0.277 e. The molecule has 0 aliphatic carbocycles. The Balaban J connectivity index is 1.34. The molecule has 0 saturated heterocycles. The van der Waals surface area contributed by atoms with Gasteiger partial charge in [0.2, 0.25) is 0 Å². The highest BCUT2D eigenvalue weighted by atomic mass is 16.5. The molecule has 1 N–H and O–H groups in total. The van der Waals surface area contributed by atoms with Gasteiger partial charge in [-0.2, -0.15) is 0 Å². The summed E-state index contributed by atoms with van der Waals surface area (Å²) in [5.41, 5.74) is 4.31. The van der Waals surface area contributed by atoms with Crippen molar-refractivity contribution in [2.24, 2.45) is 0 Å². The topological polar surface area (TPSA) is 75.4 Å². The summed E-state index contributed by atoms with van der Waals surface area (Å²) < 4.78 is 5.33. The van der Waals surface area contributed by atoms with E-state index in [2.05, 4.69) is 10.5 Å². The van der Waals surface area contributed by atoms with Crippen LogP contribution in [-0.2, 0) is 6.42 Å². The Bertz CT molecular complexity index is 1270. The monoisotopic (exact) mass is 423 g/mol. The van der Waals surface area contributed by atoms with Crippen LogP contribution in [0.4, 0.5) is 11.4 Å². The number of aryl methyl sites for hydroxylation is 1. The summed E-state index contributed by atoms with van der Waals surface area (Å²) in [6.07, 6.45) is 1.71. The summed E-state index contributed by atoms with van der Waals surface area (Å²) in [6.45, 7) is 0.674. The predicted molar refractivity (Wildman–Crippen MR) is 123 cm³/mol. The fraction of sp³-hybridized carbons (Fsp3) is 0.115. The maximum Gasteiger partial charge on any atom is 0.277 e. The number of benzene rings is 3. The fourth-order valence-corrected chi connectivity index (χ4v) is 3.94. The van der Waals surface area contributed by atoms with Crippen LogP contribution in [-0.4, -0.2) is 23.5 Å². The molecule has 1 aliphatic rings. The lowest BCUT2D eigenvalue weighted by atomic mass is 10.00. The molecule has 2 heterocycles. The number of carbonyl (C=O) groups is 2. The van der Waals surface area contributed by atoms with E-state index >= 15 is 0 Å². The van der Waals surface area contributed by atoms with Crippen LogP contribution in [0.15, 0.2) is 89.5 Å². The Hall–Kier alpha value is -4.19. The second-order valence-electron chi connectivity index (χ2n) is 7.67. The number of amides is 2. The predicted octanol–water partition coefficient (Wildman–Crippen LogP) is 5.19. The van der Waals surface area contributed by atoms with Crippen molar-refractivity contribution in [2.45, 2.75) is 12.8 Å². The number of aromatic nitrogens is 1. The van der Waals surface area contributed by atoms with Crippen molar-refractivity contribution in [3.05, 3.63) is 102 Å². The minimum Gasteiger partial charge on any atom is -0.355 e. The van der Waals surface area contributed by atoms with E-state index < -0.39 is 0 Å². The number of fused-ring (bicyclic) bond motifs is 1. The summed E-state index contributed by atoms with van der Waals surface area (Å²) in [5, 5.41) is 6.79. The fourth-order valence-electron chi connectivity index (χ4n) is 3.94. The Labute approximate surface area is 185 Å². The molecule has 3 aromatic carbocycles. The average Bonchev–Trinajstić information content (AvgIpc) is 3.35. The maximum atomic E-state index is 13.0. The normalized spacial score (nSPS) is 12.8. The molecule has 158 valence electrons. The molecule has 0 fully saturated rings. The minimum absolute atomic E-state index is 0.0145. The molecule has 0 bridgehead atoms. The van der Waals surface area contributed by atoms with Gasteiger partial charge < -0.3 is 14.7 Å². The molecule has 0 atom stereocenters. The van der Waals surface area contributed by atoms with Crippen LogP contribution >= 0.6 is 0 Å². The van der Waals surface area contributed by atoms with Crippen molar-refractivity contribution in [3.63, 3.8) is 0 Å². The quantitative estimate of drug-likeness (QED) is 0.490. The highest BCUT2D eigenvalue weighted by Crippen LogP contribution is 2.31. The third-order valence-corrected chi connectivity index (χ3v) is 5.52. The lowest BCUT2D eigenvalue weighted by Gasteiger charge is -2.30. The molecular weight excluding hydrogens is 402 g/mol. The summed E-state index contributed by atoms with van der Waals surface area (Å²) in [5.74, 6) is 0.180. The number of nitrogens with zero attached hydrogens (tertiary/aromatic N) is 2. The second-order valence-corrected chi connectivity index (χ2v) is 7.67. The number of nitrogens with one attached hydrogen (secondary N) is 1. The van der Waals surface area contributed by atoms with Gasteiger partial charge in [0.25, 0.3) is 11.8 Å². The molecule has 1 aromatic heterocycles. The molecular formula is C26H21N3O3. The number of rotatable bonds is 4. The molecule has 32 heavy (non-hydrogen) atoms. The molecule has 4 aromatic rings. The van der Waals surface area contributed by atoms with E-state index in [0.717, 1.165) is 29.7 Å². The summed E-state index contributed by atoms with van der Waals surface area (Å²) in [6, 6.07) is 26.0. The molecule has 1 aliphatic heterocycles. The van der Waals surface area contributed by atoms with Crippen LogP contribution in [0.2, 0.25) is 0 Å². The van der Waals surface area contributed by atoms with Gasteiger partial charge in [0.1, 0.15) is 0 Å². The summed E-state index contributed by atoms with van der Waals surface area (Å²) >= 11 is 0. The van der Waals surface area contributed by atoms with E-state index in [1.54, 1.807) is 6.07 Å². The van der Waals surface area contributed by atoms with Gasteiger partial charge in [0.15, 0.2) is 11.5 Å². The van der Waals surface area contributed by atoms with Crippen LogP contribution in [0.1, 0.15) is 32.8 Å². The Morgan fingerprint density at radius 1 is 0.906 bits per heavy atom. The van der Waals surface area contributed by atoms with Gasteiger partial charge in [-0.3, -0.25) is 9.59 Å². The SMILES string of the molecule is O=C(Nc1ccc2c(c1)CCCN2C(=O)c1ccccc1)c1cc(-c2ccccc2)on1. The molecule has 2 amide bonds. The van der Waals surface area contributed by atoms with Crippen LogP contribution in [0.5, 0.6) is 0 Å². The first-order valence-corrected chi connectivity index (χ1v) is 10.5. The largest absolute Gasteiger partial charge is 0.355 e. The first kappa shape index (κ1) is 19.8. The molecule has 0 spiro atoms. The molecule has 0 unspecified atom stereocenters. The van der Waals surface area contributed by atoms with Gasteiger partial charge in [0.05, 0.1) is 0 Å². The van der Waals surface area contributed by atoms with E-state index in [0.29, 0.717) is 23.6 Å². The number of carbonyl (C=O) groups excluding carboxylic acids is 2. The van der Waals surface area contributed by atoms with Crippen molar-refractivity contribution < 1.29 is 14.1 Å². The molecule has 6 nitrogen and oxygen atoms in total. The lowest BCUT2D eigenvalue weighted by Crippen LogP contribution is -2.35. The van der Waals surface area contributed by atoms with Gasteiger partial charge in [-0.25, -0.2) is 0 Å². The summed E-state index contributed by atoms with van der Waals surface area (Å²) in [4.78, 5) is 27.5. The van der Waals surface area contributed by atoms with Gasteiger partial charge in [-0.05, 0) is 48.7 Å². The average molecular weight is 423 g/mol. The van der Waals surface area contributed by atoms with E-state index in [9.17, 15) is 9.59 Å². The van der Waals surface area contributed by atoms with Gasteiger partial charge in [0, 0.05) is 35.1 Å². The Morgan fingerprint density at radius 2 is 1.66 bits per heavy atom. The van der Waals surface area contributed by atoms with Crippen molar-refractivity contribution in [3.8, 4) is 11.3 Å². The van der Waals surface area contributed by atoms with Crippen LogP contribution in [0, 0.1) is 0 Å². The highest BCUT2D eigenvalue weighted by Gasteiger charge is 2.24. The van der Waals surface area contributed by atoms with Gasteiger partial charge in [-0.15, -0.1) is 0 Å². The third kappa shape index (κ3) is 3.90. The molecule has 0 saturated carbocycles. The van der Waals surface area contributed by atoms with Crippen LogP contribution in [0.25, 0.3) is 11.3 Å². The summed E-state index contributed by atoms with van der Waals surface area (Å²) in [7, 11) is 0. The van der Waals surface area contributed by atoms with Crippen molar-refractivity contribution in [1.82, 2.24) is 5.16 Å². The van der Waals surface area contributed by atoms with Gasteiger partial charge in [-0.1, -0.05) is 53.7 Å². The molecule has 0 radical (unpaired) electrons. The van der Waals surface area contributed by atoms with Crippen LogP contribution in [0.3, 0.4) is 0 Å². The number of hydrogen-bond acceptors (Lipinski definition) is 4. The zero-order valence-corrected chi connectivity index (χ0v) is 17.3. The zero-order valence-electron chi connectivity index (χ0n) is 17.3. The van der Waals surface area contributed by atoms with Crippen LogP contribution < -0.4 is 10.2 Å². The molecule has 5 rings (SSSR count). The number of hydrogen-bond donors (Lipinski definition) is 1. The van der Waals surface area contributed by atoms with E-state index in [4.69, 9.17) is 4.52 Å². The van der Waals surface area contributed by atoms with E-state index in [1.165, 1.54) is 0 Å². The Morgan fingerprint density at radius 3 is 2.44 bits per heavy atom. The third-order valence-electron chi connectivity index (χ3n) is 5.52. The molecule has 6 heteroatoms. The van der Waals surface area contributed by atoms with Crippen molar-refractivity contribution >= 4 is 23.2 Å². The minimum atomic E-state index is -0.344. The van der Waals surface area contributed by atoms with Gasteiger partial charge >= 0.3 is 0 Å². The second kappa shape index (κ2) is 8.51. The van der Waals surface area contributed by atoms with Crippen molar-refractivity contribution in [1.29, 1.82) is 0 Å². The maximum absolute atomic E-state index is 13.0. The highest BCUT2D eigenvalue weighted by molar-refractivity contribution is 6.07.